The largest absolute Gasteiger partial charge is 0.494 e. The van der Waals surface area contributed by atoms with Gasteiger partial charge in [0.25, 0.3) is 0 Å². The topological polar surface area (TPSA) is 56.1 Å². The van der Waals surface area contributed by atoms with Gasteiger partial charge in [0.15, 0.2) is 0 Å². The second-order valence-corrected chi connectivity index (χ2v) is 9.65. The Morgan fingerprint density at radius 3 is 2.66 bits per heavy atom. The lowest BCUT2D eigenvalue weighted by Gasteiger charge is -2.17. The van der Waals surface area contributed by atoms with Crippen LogP contribution in [0.1, 0.15) is 51.4 Å². The molecule has 0 spiro atoms. The Balaban J connectivity index is 1.53. The van der Waals surface area contributed by atoms with Gasteiger partial charge in [0.2, 0.25) is 5.91 Å². The lowest BCUT2D eigenvalue weighted by Crippen LogP contribution is -2.35. The van der Waals surface area contributed by atoms with E-state index in [4.69, 9.17) is 21.3 Å². The van der Waals surface area contributed by atoms with Crippen molar-refractivity contribution in [3.63, 3.8) is 0 Å². The number of nitrogens with zero attached hydrogens (tertiary/aromatic N) is 2. The fourth-order valence-electron chi connectivity index (χ4n) is 3.55. The van der Waals surface area contributed by atoms with Crippen LogP contribution in [0.4, 0.5) is 0 Å². The number of fused-ring (bicyclic) bond motifs is 1. The summed E-state index contributed by atoms with van der Waals surface area (Å²) in [6.07, 6.45) is 3.65. The summed E-state index contributed by atoms with van der Waals surface area (Å²) >= 11 is 6.08. The molecule has 0 fully saturated rings. The standard InChI is InChI=1S/C26H34ClN3O2/c1-19-18-20(13-14-21(19)27)32-17-8-7-16-30-23-11-6-5-10-22(23)29-24(30)12-9-15-28-25(31)26(2,3)4/h5-6,10-11,13-14,18H,7-9,12,15-17H2,1-4H3,(H,28,31). The van der Waals surface area contributed by atoms with Crippen LogP contribution in [-0.4, -0.2) is 28.6 Å². The Labute approximate surface area is 196 Å². The number of hydrogen-bond donors (Lipinski definition) is 1. The van der Waals surface area contributed by atoms with Crippen LogP contribution in [0.2, 0.25) is 5.02 Å². The normalized spacial score (nSPS) is 11.7. The van der Waals surface area contributed by atoms with E-state index in [1.54, 1.807) is 0 Å². The van der Waals surface area contributed by atoms with Crippen LogP contribution in [0, 0.1) is 12.3 Å². The van der Waals surface area contributed by atoms with Gasteiger partial charge in [0.05, 0.1) is 17.6 Å². The predicted molar refractivity (Wildman–Crippen MR) is 131 cm³/mol. The molecule has 1 N–H and O–H groups in total. The molecule has 0 aliphatic rings. The first-order valence-electron chi connectivity index (χ1n) is 11.4. The third kappa shape index (κ3) is 6.49. The monoisotopic (exact) mass is 455 g/mol. The maximum atomic E-state index is 12.1. The van der Waals surface area contributed by atoms with Gasteiger partial charge >= 0.3 is 0 Å². The highest BCUT2D eigenvalue weighted by Gasteiger charge is 2.20. The van der Waals surface area contributed by atoms with E-state index >= 15 is 0 Å². The zero-order valence-electron chi connectivity index (χ0n) is 19.6. The highest BCUT2D eigenvalue weighted by molar-refractivity contribution is 6.31. The van der Waals surface area contributed by atoms with E-state index < -0.39 is 0 Å². The quantitative estimate of drug-likeness (QED) is 0.384. The summed E-state index contributed by atoms with van der Waals surface area (Å²) in [5.41, 5.74) is 2.85. The number of aryl methyl sites for hydroxylation is 3. The molecule has 32 heavy (non-hydrogen) atoms. The zero-order valence-corrected chi connectivity index (χ0v) is 20.3. The van der Waals surface area contributed by atoms with Crippen LogP contribution >= 0.6 is 11.6 Å². The number of carbonyl (C=O) groups is 1. The van der Waals surface area contributed by atoms with E-state index in [1.807, 2.05) is 52.0 Å². The van der Waals surface area contributed by atoms with Crippen LogP contribution in [0.5, 0.6) is 5.75 Å². The number of unbranched alkanes of at least 4 members (excludes halogenated alkanes) is 1. The number of hydrogen-bond acceptors (Lipinski definition) is 3. The molecular formula is C26H34ClN3O2. The molecule has 172 valence electrons. The van der Waals surface area contributed by atoms with Crippen molar-refractivity contribution in [3.05, 3.63) is 58.9 Å². The molecule has 0 aliphatic carbocycles. The Bertz CT molecular complexity index is 1050. The molecule has 0 radical (unpaired) electrons. The molecule has 1 aromatic heterocycles. The summed E-state index contributed by atoms with van der Waals surface area (Å²) in [5.74, 6) is 2.02. The fourth-order valence-corrected chi connectivity index (χ4v) is 3.67. The minimum atomic E-state index is -0.361. The molecule has 0 saturated heterocycles. The second-order valence-electron chi connectivity index (χ2n) is 9.24. The molecule has 3 aromatic rings. The van der Waals surface area contributed by atoms with E-state index in [9.17, 15) is 4.79 Å². The third-order valence-electron chi connectivity index (χ3n) is 5.45. The number of aromatic nitrogens is 2. The van der Waals surface area contributed by atoms with Crippen molar-refractivity contribution in [1.82, 2.24) is 14.9 Å². The van der Waals surface area contributed by atoms with E-state index in [1.165, 1.54) is 0 Å². The zero-order chi connectivity index (χ0) is 23.1. The Hall–Kier alpha value is -2.53. The highest BCUT2D eigenvalue weighted by atomic mass is 35.5. The summed E-state index contributed by atoms with van der Waals surface area (Å²) in [5, 5.41) is 3.79. The van der Waals surface area contributed by atoms with Gasteiger partial charge in [-0.1, -0.05) is 44.5 Å². The molecule has 0 bridgehead atoms. The van der Waals surface area contributed by atoms with Gasteiger partial charge in [0, 0.05) is 29.9 Å². The van der Waals surface area contributed by atoms with Crippen molar-refractivity contribution in [3.8, 4) is 5.75 Å². The number of nitrogens with one attached hydrogen (secondary N) is 1. The Morgan fingerprint density at radius 1 is 1.12 bits per heavy atom. The average molecular weight is 456 g/mol. The minimum absolute atomic E-state index is 0.0851. The first-order chi connectivity index (χ1) is 15.3. The number of benzene rings is 2. The lowest BCUT2D eigenvalue weighted by molar-refractivity contribution is -0.128. The van der Waals surface area contributed by atoms with Crippen LogP contribution in [0.3, 0.4) is 0 Å². The van der Waals surface area contributed by atoms with Gasteiger partial charge in [-0.15, -0.1) is 0 Å². The van der Waals surface area contributed by atoms with E-state index in [-0.39, 0.29) is 11.3 Å². The lowest BCUT2D eigenvalue weighted by atomic mass is 9.96. The van der Waals surface area contributed by atoms with Gasteiger partial charge in [-0.05, 0) is 62.1 Å². The number of ether oxygens (including phenoxy) is 1. The summed E-state index contributed by atoms with van der Waals surface area (Å²) in [6.45, 7) is 10.00. The van der Waals surface area contributed by atoms with Crippen LogP contribution in [-0.2, 0) is 17.8 Å². The van der Waals surface area contributed by atoms with E-state index in [2.05, 4.69) is 28.1 Å². The van der Waals surface area contributed by atoms with Gasteiger partial charge in [-0.2, -0.15) is 0 Å². The van der Waals surface area contributed by atoms with Crippen molar-refractivity contribution in [2.45, 2.75) is 59.9 Å². The first-order valence-corrected chi connectivity index (χ1v) is 11.7. The maximum Gasteiger partial charge on any atom is 0.225 e. The third-order valence-corrected chi connectivity index (χ3v) is 5.88. The number of rotatable bonds is 10. The fraction of sp³-hybridized carbons (Fsp3) is 0.462. The molecule has 5 nitrogen and oxygen atoms in total. The molecule has 1 heterocycles. The van der Waals surface area contributed by atoms with Gasteiger partial charge in [-0.25, -0.2) is 4.98 Å². The summed E-state index contributed by atoms with van der Waals surface area (Å²) < 4.78 is 8.20. The number of imidazole rings is 1. The van der Waals surface area contributed by atoms with Crippen molar-refractivity contribution < 1.29 is 9.53 Å². The molecule has 0 atom stereocenters. The minimum Gasteiger partial charge on any atom is -0.494 e. The van der Waals surface area contributed by atoms with Crippen molar-refractivity contribution in [2.75, 3.05) is 13.2 Å². The summed E-state index contributed by atoms with van der Waals surface area (Å²) in [4.78, 5) is 16.9. The van der Waals surface area contributed by atoms with E-state index in [0.29, 0.717) is 13.2 Å². The van der Waals surface area contributed by atoms with Crippen LogP contribution in [0.15, 0.2) is 42.5 Å². The number of para-hydroxylation sites is 2. The summed E-state index contributed by atoms with van der Waals surface area (Å²) in [6, 6.07) is 14.0. The molecule has 0 aliphatic heterocycles. The van der Waals surface area contributed by atoms with Gasteiger partial charge < -0.3 is 14.6 Å². The SMILES string of the molecule is Cc1cc(OCCCCn2c(CCCNC(=O)C(C)(C)C)nc3ccccc32)ccc1Cl. The molecular weight excluding hydrogens is 422 g/mol. The number of amides is 1. The van der Waals surface area contributed by atoms with Crippen LogP contribution < -0.4 is 10.1 Å². The summed E-state index contributed by atoms with van der Waals surface area (Å²) in [7, 11) is 0. The molecule has 0 unspecified atom stereocenters. The van der Waals surface area contributed by atoms with Crippen molar-refractivity contribution >= 4 is 28.5 Å². The second kappa shape index (κ2) is 10.9. The van der Waals surface area contributed by atoms with Gasteiger partial charge in [0.1, 0.15) is 11.6 Å². The van der Waals surface area contributed by atoms with Gasteiger partial charge in [-0.3, -0.25) is 4.79 Å². The highest BCUT2D eigenvalue weighted by Crippen LogP contribution is 2.22. The number of carbonyl (C=O) groups excluding carboxylic acids is 1. The molecule has 2 aromatic carbocycles. The average Bonchev–Trinajstić information content (AvgIpc) is 3.10. The van der Waals surface area contributed by atoms with Crippen LogP contribution in [0.25, 0.3) is 11.0 Å². The van der Waals surface area contributed by atoms with Crippen molar-refractivity contribution in [1.29, 1.82) is 0 Å². The smallest absolute Gasteiger partial charge is 0.225 e. The first kappa shape index (κ1) is 24.1. The van der Waals surface area contributed by atoms with E-state index in [0.717, 1.165) is 65.4 Å². The number of halogens is 1. The Kier molecular flexibility index (Phi) is 8.19. The molecule has 1 amide bonds. The predicted octanol–water partition coefficient (Wildman–Crippen LogP) is 5.95. The molecule has 0 saturated carbocycles. The molecule has 6 heteroatoms. The maximum absolute atomic E-state index is 12.1. The van der Waals surface area contributed by atoms with Crippen molar-refractivity contribution in [2.24, 2.45) is 5.41 Å². The molecule has 3 rings (SSSR count). The Morgan fingerprint density at radius 2 is 1.91 bits per heavy atom.